The van der Waals surface area contributed by atoms with Crippen LogP contribution in [-0.2, 0) is 31.8 Å². The lowest BCUT2D eigenvalue weighted by atomic mass is 9.81. The fourth-order valence-corrected chi connectivity index (χ4v) is 13.0. The van der Waals surface area contributed by atoms with Crippen molar-refractivity contribution in [3.05, 3.63) is 87.4 Å². The zero-order valence-electron chi connectivity index (χ0n) is 43.1. The summed E-state index contributed by atoms with van der Waals surface area (Å²) in [5.41, 5.74) is 3.72. The normalized spacial score (nSPS) is 19.8. The van der Waals surface area contributed by atoms with Crippen LogP contribution in [-0.4, -0.2) is 121 Å². The van der Waals surface area contributed by atoms with Gasteiger partial charge >= 0.3 is 0 Å². The number of anilines is 6. The molecule has 4 fully saturated rings. The number of fused-ring (bicyclic) bond motifs is 1. The number of carbonyl (C=O) groups is 3. The smallest absolute Gasteiger partial charge is 0.234 e. The average molecular weight is 1100 g/mol. The van der Waals surface area contributed by atoms with Crippen LogP contribution in [0.25, 0.3) is 10.9 Å². The van der Waals surface area contributed by atoms with Crippen LogP contribution in [0.3, 0.4) is 0 Å². The summed E-state index contributed by atoms with van der Waals surface area (Å²) < 4.78 is 67.2. The summed E-state index contributed by atoms with van der Waals surface area (Å²) in [4.78, 5) is 60.9. The van der Waals surface area contributed by atoms with Gasteiger partial charge in [0, 0.05) is 116 Å². The van der Waals surface area contributed by atoms with Gasteiger partial charge in [0.05, 0.1) is 34.3 Å². The molecule has 74 heavy (non-hydrogen) atoms. The maximum atomic E-state index is 15.7. The number of rotatable bonds is 14. The number of aromatic nitrogens is 3. The van der Waals surface area contributed by atoms with Crippen molar-refractivity contribution in [3.8, 4) is 5.75 Å². The number of piperidine rings is 2. The van der Waals surface area contributed by atoms with Crippen molar-refractivity contribution in [3.63, 3.8) is 0 Å². The van der Waals surface area contributed by atoms with E-state index in [0.717, 1.165) is 62.4 Å². The van der Waals surface area contributed by atoms with Crippen molar-refractivity contribution < 1.29 is 36.9 Å². The van der Waals surface area contributed by atoms with Gasteiger partial charge in [0.15, 0.2) is 5.82 Å². The Kier molecular flexibility index (Phi) is 15.4. The predicted molar refractivity (Wildman–Crippen MR) is 288 cm³/mol. The highest BCUT2D eigenvalue weighted by Crippen LogP contribution is 2.44. The summed E-state index contributed by atoms with van der Waals surface area (Å²) in [5, 5.41) is 9.78. The first-order valence-electron chi connectivity index (χ1n) is 25.7. The molecule has 3 N–H and O–H groups in total. The maximum Gasteiger partial charge on any atom is 0.234 e. The molecule has 2 unspecified atom stereocenters. The topological polar surface area (TPSA) is 165 Å². The van der Waals surface area contributed by atoms with E-state index >= 15 is 13.2 Å². The Labute approximate surface area is 438 Å². The number of amides is 3. The summed E-state index contributed by atoms with van der Waals surface area (Å²) in [6, 6.07) is 12.0. The first-order chi connectivity index (χ1) is 35.3. The number of imide groups is 1. The molecular weight excluding hydrogens is 1040 g/mol. The van der Waals surface area contributed by atoms with E-state index < -0.39 is 47.7 Å². The van der Waals surface area contributed by atoms with Crippen molar-refractivity contribution in [2.75, 3.05) is 92.7 Å². The molecule has 6 heterocycles. The molecule has 20 heteroatoms. The first-order valence-corrected chi connectivity index (χ1v) is 29.1. The van der Waals surface area contributed by atoms with E-state index in [9.17, 15) is 18.9 Å². The van der Waals surface area contributed by atoms with Crippen LogP contribution in [0.15, 0.2) is 53.1 Å². The van der Waals surface area contributed by atoms with Crippen molar-refractivity contribution in [2.45, 2.75) is 85.1 Å². The standard InChI is InChI=1S/C54H65BrF3N10O5P/c1-8-31-23-42(62-53-59-28-38(55)50(64-53)61-43-26-41(58)48-36(49(43)74(6,7)72)12-11-32(9-2)60-48)45(73-10-3)27-44(31)66-17-15-33(16-18-66)65-19-21-67(22-20-65)52(71)37-29-68(30-54(37,4)5)34-24-39(56)47(40(57)25-34)35-13-14-46(69)63-51(35)70/h11-12,23-28,33,35,37H,8-10,13-22,29-30H2,1-7H3,(H,63,69,70)(H2,59,61,62,64). The van der Waals surface area contributed by atoms with Gasteiger partial charge in [0.25, 0.3) is 0 Å². The molecule has 15 nitrogen and oxygen atoms in total. The Balaban J connectivity index is 0.827. The number of halogens is 4. The lowest BCUT2D eigenvalue weighted by Gasteiger charge is -2.44. The third kappa shape index (κ3) is 10.8. The number of carbonyl (C=O) groups excluding carboxylic acids is 3. The van der Waals surface area contributed by atoms with E-state index in [1.807, 2.05) is 43.6 Å². The minimum Gasteiger partial charge on any atom is -0.492 e. The zero-order valence-corrected chi connectivity index (χ0v) is 45.6. The van der Waals surface area contributed by atoms with E-state index in [4.69, 9.17) is 9.72 Å². The highest BCUT2D eigenvalue weighted by Gasteiger charge is 2.46. The highest BCUT2D eigenvalue weighted by atomic mass is 79.9. The van der Waals surface area contributed by atoms with Crippen LogP contribution in [0.1, 0.15) is 83.0 Å². The SMILES string of the molecule is CCOc1cc(N2CCC(N3CCN(C(=O)C4CN(c5cc(F)c(C6CCC(=O)NC6=O)c(F)c5)CC4(C)C)CC3)CC2)c(CC)cc1Nc1ncc(Br)c(Nc2cc(F)c3nc(CC)ccc3c2P(C)(C)=O)n1. The Morgan fingerprint density at radius 1 is 0.878 bits per heavy atom. The molecule has 2 aromatic heterocycles. The number of hydrogen-bond acceptors (Lipinski definition) is 13. The van der Waals surface area contributed by atoms with Gasteiger partial charge in [-0.2, -0.15) is 4.98 Å². The second-order valence-electron chi connectivity index (χ2n) is 20.9. The first kappa shape index (κ1) is 53.1. The van der Waals surface area contributed by atoms with Crippen molar-refractivity contribution >= 4 is 91.5 Å². The molecule has 4 aliphatic heterocycles. The molecular formula is C54H65BrF3N10O5P. The maximum absolute atomic E-state index is 15.7. The molecule has 0 spiro atoms. The fourth-order valence-electron chi connectivity index (χ4n) is 11.3. The number of pyridine rings is 1. The van der Waals surface area contributed by atoms with Crippen LogP contribution in [0.2, 0.25) is 0 Å². The number of hydrogen-bond donors (Lipinski definition) is 3. The van der Waals surface area contributed by atoms with E-state index in [0.29, 0.717) is 89.0 Å². The van der Waals surface area contributed by atoms with Gasteiger partial charge in [-0.1, -0.05) is 33.8 Å². The zero-order chi connectivity index (χ0) is 52.8. The van der Waals surface area contributed by atoms with Gasteiger partial charge in [-0.15, -0.1) is 0 Å². The molecule has 394 valence electrons. The van der Waals surface area contributed by atoms with E-state index in [2.05, 4.69) is 70.7 Å². The summed E-state index contributed by atoms with van der Waals surface area (Å²) in [6.45, 7) is 19.0. The van der Waals surface area contributed by atoms with Gasteiger partial charge in [0.1, 0.15) is 35.9 Å². The molecule has 5 aromatic rings. The number of aryl methyl sites for hydroxylation is 2. The van der Waals surface area contributed by atoms with Crippen molar-refractivity contribution in [1.29, 1.82) is 0 Å². The largest absolute Gasteiger partial charge is 0.492 e. The lowest BCUT2D eigenvalue weighted by molar-refractivity contribution is -0.140. The molecule has 9 rings (SSSR count). The summed E-state index contributed by atoms with van der Waals surface area (Å²) in [7, 11) is -2.95. The van der Waals surface area contributed by atoms with E-state index in [1.165, 1.54) is 18.2 Å². The molecule has 3 amide bonds. The average Bonchev–Trinajstić information content (AvgIpc) is 3.69. The number of benzene rings is 3. The summed E-state index contributed by atoms with van der Waals surface area (Å²) in [5.74, 6) is -3.47. The van der Waals surface area contributed by atoms with Crippen LogP contribution in [0.4, 0.5) is 47.7 Å². The van der Waals surface area contributed by atoms with Gasteiger partial charge in [-0.05, 0) is 104 Å². The van der Waals surface area contributed by atoms with E-state index in [1.54, 1.807) is 25.6 Å². The minimum absolute atomic E-state index is 0.0145. The monoisotopic (exact) mass is 1100 g/mol. The van der Waals surface area contributed by atoms with Gasteiger partial charge < -0.3 is 34.6 Å². The molecule has 2 atom stereocenters. The highest BCUT2D eigenvalue weighted by molar-refractivity contribution is 9.10. The molecule has 3 aromatic carbocycles. The Morgan fingerprint density at radius 2 is 1.59 bits per heavy atom. The molecule has 4 saturated heterocycles. The van der Waals surface area contributed by atoms with Crippen LogP contribution in [0.5, 0.6) is 5.75 Å². The summed E-state index contributed by atoms with van der Waals surface area (Å²) >= 11 is 3.56. The molecule has 0 aliphatic carbocycles. The molecule has 0 bridgehead atoms. The predicted octanol–water partition coefficient (Wildman–Crippen LogP) is 9.26. The second kappa shape index (κ2) is 21.5. The quantitative estimate of drug-likeness (QED) is 0.0713. The fraction of sp³-hybridized carbons (Fsp3) is 0.481. The molecule has 0 radical (unpaired) electrons. The molecule has 4 aliphatic rings. The van der Waals surface area contributed by atoms with E-state index in [-0.39, 0.29) is 41.7 Å². The Hall–Kier alpha value is -5.78. The van der Waals surface area contributed by atoms with Gasteiger partial charge in [-0.3, -0.25) is 24.6 Å². The Bertz CT molecular complexity index is 3030. The number of piperazine rings is 1. The van der Waals surface area contributed by atoms with Crippen LogP contribution < -0.4 is 35.8 Å². The third-order valence-electron chi connectivity index (χ3n) is 15.2. The second-order valence-corrected chi connectivity index (χ2v) is 24.9. The number of nitrogens with one attached hydrogen (secondary N) is 3. The van der Waals surface area contributed by atoms with Crippen LogP contribution in [0, 0.1) is 28.8 Å². The van der Waals surface area contributed by atoms with Gasteiger partial charge in [-0.25, -0.2) is 23.1 Å². The molecule has 0 saturated carbocycles. The number of ether oxygens (including phenoxy) is 1. The summed E-state index contributed by atoms with van der Waals surface area (Å²) in [6.07, 6.45) is 4.97. The number of nitrogens with zero attached hydrogens (tertiary/aromatic N) is 7. The lowest BCUT2D eigenvalue weighted by Crippen LogP contribution is -2.56. The Morgan fingerprint density at radius 3 is 2.24 bits per heavy atom. The van der Waals surface area contributed by atoms with Crippen LogP contribution >= 0.6 is 23.1 Å². The van der Waals surface area contributed by atoms with Crippen molar-refractivity contribution in [1.82, 2.24) is 30.1 Å². The van der Waals surface area contributed by atoms with Crippen molar-refractivity contribution in [2.24, 2.45) is 11.3 Å². The van der Waals surface area contributed by atoms with Gasteiger partial charge in [0.2, 0.25) is 23.7 Å². The third-order valence-corrected chi connectivity index (χ3v) is 17.3. The minimum atomic E-state index is -2.95.